The smallest absolute Gasteiger partial charge is 0.257 e. The Balaban J connectivity index is 2.19. The summed E-state index contributed by atoms with van der Waals surface area (Å²) in [6.07, 6.45) is 1.68. The third kappa shape index (κ3) is 2.25. The molecule has 16 heavy (non-hydrogen) atoms. The minimum atomic E-state index is -0.128. The Morgan fingerprint density at radius 2 is 1.88 bits per heavy atom. The number of aromatic nitrogens is 1. The van der Waals surface area contributed by atoms with Crippen molar-refractivity contribution in [2.45, 2.75) is 6.92 Å². The molecule has 0 unspecified atom stereocenters. The van der Waals surface area contributed by atoms with Gasteiger partial charge in [0.25, 0.3) is 5.91 Å². The second-order valence-corrected chi connectivity index (χ2v) is 3.46. The van der Waals surface area contributed by atoms with E-state index in [-0.39, 0.29) is 5.91 Å². The van der Waals surface area contributed by atoms with Gasteiger partial charge in [0.05, 0.1) is 5.56 Å². The van der Waals surface area contributed by atoms with E-state index in [2.05, 4.69) is 10.3 Å². The SMILES string of the molecule is Cc1ncccc1C(=O)Nc1ccccc1. The number of carbonyl (C=O) groups excluding carboxylic acids is 1. The van der Waals surface area contributed by atoms with Crippen molar-refractivity contribution in [3.8, 4) is 0 Å². The van der Waals surface area contributed by atoms with Gasteiger partial charge in [-0.25, -0.2) is 0 Å². The summed E-state index contributed by atoms with van der Waals surface area (Å²) in [7, 11) is 0. The number of amides is 1. The monoisotopic (exact) mass is 212 g/mol. The topological polar surface area (TPSA) is 42.0 Å². The molecular weight excluding hydrogens is 200 g/mol. The van der Waals surface area contributed by atoms with Gasteiger partial charge >= 0.3 is 0 Å². The van der Waals surface area contributed by atoms with Crippen molar-refractivity contribution in [2.24, 2.45) is 0 Å². The lowest BCUT2D eigenvalue weighted by molar-refractivity contribution is 0.102. The van der Waals surface area contributed by atoms with Gasteiger partial charge in [0.1, 0.15) is 0 Å². The predicted molar refractivity (Wildman–Crippen MR) is 63.4 cm³/mol. The molecule has 1 amide bonds. The Morgan fingerprint density at radius 1 is 1.12 bits per heavy atom. The Labute approximate surface area is 94.1 Å². The molecule has 0 saturated heterocycles. The van der Waals surface area contributed by atoms with Crippen molar-refractivity contribution in [3.05, 3.63) is 59.9 Å². The normalized spacial score (nSPS) is 9.81. The Bertz CT molecular complexity index is 494. The molecule has 0 atom stereocenters. The largest absolute Gasteiger partial charge is 0.322 e. The van der Waals surface area contributed by atoms with Gasteiger partial charge in [-0.2, -0.15) is 0 Å². The fraction of sp³-hybridized carbons (Fsp3) is 0.0769. The zero-order valence-corrected chi connectivity index (χ0v) is 8.97. The Morgan fingerprint density at radius 3 is 2.56 bits per heavy atom. The lowest BCUT2D eigenvalue weighted by atomic mass is 10.2. The minimum absolute atomic E-state index is 0.128. The molecule has 0 spiro atoms. The van der Waals surface area contributed by atoms with Crippen molar-refractivity contribution in [1.29, 1.82) is 0 Å². The predicted octanol–water partition coefficient (Wildman–Crippen LogP) is 2.64. The summed E-state index contributed by atoms with van der Waals surface area (Å²) in [6.45, 7) is 1.82. The summed E-state index contributed by atoms with van der Waals surface area (Å²) in [5.74, 6) is -0.128. The van der Waals surface area contributed by atoms with Crippen LogP contribution in [0.3, 0.4) is 0 Å². The molecule has 3 nitrogen and oxygen atoms in total. The summed E-state index contributed by atoms with van der Waals surface area (Å²) in [5, 5.41) is 2.82. The molecule has 0 aliphatic carbocycles. The third-order valence-electron chi connectivity index (χ3n) is 2.28. The molecule has 0 aliphatic heterocycles. The van der Waals surface area contributed by atoms with Gasteiger partial charge in [-0.1, -0.05) is 18.2 Å². The van der Waals surface area contributed by atoms with E-state index in [4.69, 9.17) is 0 Å². The number of hydrogen-bond acceptors (Lipinski definition) is 2. The molecule has 1 N–H and O–H groups in total. The van der Waals surface area contributed by atoms with E-state index in [0.29, 0.717) is 5.56 Å². The highest BCUT2D eigenvalue weighted by molar-refractivity contribution is 6.04. The van der Waals surface area contributed by atoms with Crippen LogP contribution in [-0.4, -0.2) is 10.9 Å². The summed E-state index contributed by atoms with van der Waals surface area (Å²) in [4.78, 5) is 16.0. The number of benzene rings is 1. The molecule has 1 aromatic carbocycles. The molecule has 0 bridgehead atoms. The first-order valence-corrected chi connectivity index (χ1v) is 5.05. The highest BCUT2D eigenvalue weighted by Gasteiger charge is 2.08. The highest BCUT2D eigenvalue weighted by atomic mass is 16.1. The number of para-hydroxylation sites is 1. The molecule has 1 aromatic heterocycles. The number of nitrogens with one attached hydrogen (secondary N) is 1. The van der Waals surface area contributed by atoms with Crippen LogP contribution >= 0.6 is 0 Å². The molecule has 2 aromatic rings. The average Bonchev–Trinajstić information content (AvgIpc) is 2.31. The van der Waals surface area contributed by atoms with E-state index in [1.165, 1.54) is 0 Å². The van der Waals surface area contributed by atoms with Gasteiger partial charge in [0.2, 0.25) is 0 Å². The first kappa shape index (κ1) is 10.4. The van der Waals surface area contributed by atoms with Crippen LogP contribution in [0.1, 0.15) is 16.1 Å². The average molecular weight is 212 g/mol. The Hall–Kier alpha value is -2.16. The number of pyridine rings is 1. The molecule has 0 radical (unpaired) electrons. The molecule has 80 valence electrons. The van der Waals surface area contributed by atoms with Gasteiger partial charge in [-0.05, 0) is 31.2 Å². The summed E-state index contributed by atoms with van der Waals surface area (Å²) in [6, 6.07) is 12.9. The van der Waals surface area contributed by atoms with Crippen LogP contribution in [0.25, 0.3) is 0 Å². The maximum atomic E-state index is 11.9. The number of rotatable bonds is 2. The fourth-order valence-corrected chi connectivity index (χ4v) is 1.44. The zero-order valence-electron chi connectivity index (χ0n) is 8.97. The van der Waals surface area contributed by atoms with E-state index in [9.17, 15) is 4.79 Å². The highest BCUT2D eigenvalue weighted by Crippen LogP contribution is 2.09. The van der Waals surface area contributed by atoms with Crippen molar-refractivity contribution < 1.29 is 4.79 Å². The maximum absolute atomic E-state index is 11.9. The van der Waals surface area contributed by atoms with Gasteiger partial charge < -0.3 is 5.32 Å². The number of aryl methyl sites for hydroxylation is 1. The first-order chi connectivity index (χ1) is 7.77. The molecule has 2 rings (SSSR count). The quantitative estimate of drug-likeness (QED) is 0.831. The van der Waals surface area contributed by atoms with Crippen molar-refractivity contribution in [2.75, 3.05) is 5.32 Å². The standard InChI is InChI=1S/C13H12N2O/c1-10-12(8-5-9-14-10)13(16)15-11-6-3-2-4-7-11/h2-9H,1H3,(H,15,16). The molecular formula is C13H12N2O. The van der Waals surface area contributed by atoms with Crippen LogP contribution in [0.4, 0.5) is 5.69 Å². The molecule has 1 heterocycles. The van der Waals surface area contributed by atoms with E-state index in [0.717, 1.165) is 11.4 Å². The van der Waals surface area contributed by atoms with E-state index >= 15 is 0 Å². The molecule has 0 aliphatic rings. The summed E-state index contributed by atoms with van der Waals surface area (Å²) >= 11 is 0. The molecule has 3 heteroatoms. The van der Waals surface area contributed by atoms with E-state index in [1.54, 1.807) is 18.3 Å². The number of carbonyl (C=O) groups is 1. The number of hydrogen-bond donors (Lipinski definition) is 1. The summed E-state index contributed by atoms with van der Waals surface area (Å²) in [5.41, 5.74) is 2.12. The van der Waals surface area contributed by atoms with Crippen LogP contribution in [0.2, 0.25) is 0 Å². The van der Waals surface area contributed by atoms with Crippen molar-refractivity contribution in [3.63, 3.8) is 0 Å². The van der Waals surface area contributed by atoms with Crippen molar-refractivity contribution >= 4 is 11.6 Å². The first-order valence-electron chi connectivity index (χ1n) is 5.05. The molecule has 0 saturated carbocycles. The molecule has 0 fully saturated rings. The lowest BCUT2D eigenvalue weighted by Gasteiger charge is -2.06. The van der Waals surface area contributed by atoms with Crippen LogP contribution < -0.4 is 5.32 Å². The maximum Gasteiger partial charge on any atom is 0.257 e. The van der Waals surface area contributed by atoms with Gasteiger partial charge in [-0.15, -0.1) is 0 Å². The second-order valence-electron chi connectivity index (χ2n) is 3.46. The fourth-order valence-electron chi connectivity index (χ4n) is 1.44. The number of nitrogens with zero attached hydrogens (tertiary/aromatic N) is 1. The van der Waals surface area contributed by atoms with Crippen LogP contribution in [-0.2, 0) is 0 Å². The van der Waals surface area contributed by atoms with Crippen LogP contribution in [0.15, 0.2) is 48.7 Å². The minimum Gasteiger partial charge on any atom is -0.322 e. The number of anilines is 1. The second kappa shape index (κ2) is 4.57. The van der Waals surface area contributed by atoms with E-state index in [1.807, 2.05) is 37.3 Å². The lowest BCUT2D eigenvalue weighted by Crippen LogP contribution is -2.13. The van der Waals surface area contributed by atoms with Gasteiger partial charge in [-0.3, -0.25) is 9.78 Å². The Kier molecular flexibility index (Phi) is 2.96. The zero-order chi connectivity index (χ0) is 11.4. The van der Waals surface area contributed by atoms with Gasteiger partial charge in [0, 0.05) is 17.6 Å². The van der Waals surface area contributed by atoms with Crippen LogP contribution in [0.5, 0.6) is 0 Å². The third-order valence-corrected chi connectivity index (χ3v) is 2.28. The van der Waals surface area contributed by atoms with Crippen molar-refractivity contribution in [1.82, 2.24) is 4.98 Å². The summed E-state index contributed by atoms with van der Waals surface area (Å²) < 4.78 is 0. The van der Waals surface area contributed by atoms with E-state index < -0.39 is 0 Å². The van der Waals surface area contributed by atoms with Crippen LogP contribution in [0, 0.1) is 6.92 Å². The van der Waals surface area contributed by atoms with Gasteiger partial charge in [0.15, 0.2) is 0 Å².